The molecule has 0 unspecified atom stereocenters. The standard InChI is InChI=1S/C22H15/c1-2-8-16-14-22-20-12-6-4-10-18(20)17-9-3-5-11-19(17)21(22)13-15(16)7-1/h1-13H,14H2/q+1. The summed E-state index contributed by atoms with van der Waals surface area (Å²) < 4.78 is 0. The molecule has 0 heterocycles. The Hall–Kier alpha value is -2.73. The first-order chi connectivity index (χ1) is 10.9. The normalized spacial score (nSPS) is 14.4. The van der Waals surface area contributed by atoms with E-state index in [-0.39, 0.29) is 0 Å². The van der Waals surface area contributed by atoms with Gasteiger partial charge in [-0.3, -0.25) is 0 Å². The van der Waals surface area contributed by atoms with Gasteiger partial charge in [0.2, 0.25) is 0 Å². The lowest BCUT2D eigenvalue weighted by atomic mass is 9.70. The second-order valence-electron chi connectivity index (χ2n) is 6.00. The van der Waals surface area contributed by atoms with Gasteiger partial charge in [0.1, 0.15) is 0 Å². The summed E-state index contributed by atoms with van der Waals surface area (Å²) in [5.74, 6) is 1.47. The fourth-order valence-electron chi connectivity index (χ4n) is 3.78. The summed E-state index contributed by atoms with van der Waals surface area (Å²) in [5.41, 5.74) is 9.66. The van der Waals surface area contributed by atoms with Crippen LogP contribution in [0.25, 0.3) is 22.8 Å². The molecule has 0 saturated heterocycles. The average molecular weight is 279 g/mol. The Morgan fingerprint density at radius 2 is 1.32 bits per heavy atom. The van der Waals surface area contributed by atoms with Crippen LogP contribution in [0.15, 0.2) is 72.8 Å². The van der Waals surface area contributed by atoms with Gasteiger partial charge in [-0.1, -0.05) is 30.3 Å². The third-order valence-electron chi connectivity index (χ3n) is 4.81. The molecule has 3 aromatic rings. The zero-order valence-corrected chi connectivity index (χ0v) is 12.2. The lowest BCUT2D eigenvalue weighted by molar-refractivity contribution is 1.05. The molecule has 5 rings (SSSR count). The van der Waals surface area contributed by atoms with Gasteiger partial charge in [-0.25, -0.2) is 0 Å². The Bertz CT molecular complexity index is 915. The molecule has 0 bridgehead atoms. The van der Waals surface area contributed by atoms with Crippen molar-refractivity contribution in [2.24, 2.45) is 0 Å². The smallest absolute Gasteiger partial charge is 0.0619 e. The molecule has 0 aromatic heterocycles. The molecule has 0 spiro atoms. The van der Waals surface area contributed by atoms with Crippen molar-refractivity contribution in [3.63, 3.8) is 0 Å². The van der Waals surface area contributed by atoms with Gasteiger partial charge in [0.25, 0.3) is 0 Å². The van der Waals surface area contributed by atoms with Crippen LogP contribution in [0.1, 0.15) is 22.3 Å². The molecule has 22 heavy (non-hydrogen) atoms. The molecular formula is C22H15+. The van der Waals surface area contributed by atoms with Gasteiger partial charge < -0.3 is 0 Å². The minimum absolute atomic E-state index is 1.02. The van der Waals surface area contributed by atoms with Crippen molar-refractivity contribution in [1.82, 2.24) is 0 Å². The van der Waals surface area contributed by atoms with Crippen molar-refractivity contribution in [2.45, 2.75) is 6.42 Å². The lowest BCUT2D eigenvalue weighted by Gasteiger charge is -2.27. The predicted molar refractivity (Wildman–Crippen MR) is 92.2 cm³/mol. The van der Waals surface area contributed by atoms with Gasteiger partial charge in [0.15, 0.2) is 0 Å². The third-order valence-corrected chi connectivity index (χ3v) is 4.81. The van der Waals surface area contributed by atoms with Crippen molar-refractivity contribution < 1.29 is 0 Å². The van der Waals surface area contributed by atoms with E-state index < -0.39 is 0 Å². The van der Waals surface area contributed by atoms with Crippen molar-refractivity contribution in [1.29, 1.82) is 0 Å². The van der Waals surface area contributed by atoms with Crippen LogP contribution in [0.2, 0.25) is 0 Å². The lowest BCUT2D eigenvalue weighted by Crippen LogP contribution is -2.17. The van der Waals surface area contributed by atoms with E-state index in [1.807, 2.05) is 0 Å². The van der Waals surface area contributed by atoms with Gasteiger partial charge in [-0.15, -0.1) is 0 Å². The second kappa shape index (κ2) is 4.38. The van der Waals surface area contributed by atoms with E-state index >= 15 is 0 Å². The molecule has 0 atom stereocenters. The van der Waals surface area contributed by atoms with Crippen LogP contribution in [0, 0.1) is 5.92 Å². The molecule has 0 heteroatoms. The minimum atomic E-state index is 1.02. The Morgan fingerprint density at radius 3 is 2.23 bits per heavy atom. The highest BCUT2D eigenvalue weighted by atomic mass is 14.3. The maximum atomic E-state index is 2.36. The summed E-state index contributed by atoms with van der Waals surface area (Å²) in [6.45, 7) is 0. The first kappa shape index (κ1) is 11.9. The van der Waals surface area contributed by atoms with Crippen LogP contribution < -0.4 is 0 Å². The molecule has 0 nitrogen and oxygen atoms in total. The van der Waals surface area contributed by atoms with Gasteiger partial charge in [0.05, 0.1) is 27.8 Å². The van der Waals surface area contributed by atoms with E-state index in [1.165, 1.54) is 44.9 Å². The van der Waals surface area contributed by atoms with Gasteiger partial charge in [-0.2, -0.15) is 0 Å². The van der Waals surface area contributed by atoms with Crippen molar-refractivity contribution >= 4 is 11.6 Å². The molecule has 2 aliphatic carbocycles. The van der Waals surface area contributed by atoms with E-state index in [0.29, 0.717) is 0 Å². The van der Waals surface area contributed by atoms with Crippen molar-refractivity contribution in [3.8, 4) is 11.1 Å². The monoisotopic (exact) mass is 279 g/mol. The summed E-state index contributed by atoms with van der Waals surface area (Å²) in [4.78, 5) is 0. The van der Waals surface area contributed by atoms with E-state index in [1.54, 1.807) is 0 Å². The third kappa shape index (κ3) is 1.55. The number of fused-ring (bicyclic) bond motifs is 7. The maximum Gasteiger partial charge on any atom is 0.0853 e. The van der Waals surface area contributed by atoms with E-state index in [2.05, 4.69) is 78.9 Å². The Labute approximate surface area is 130 Å². The summed E-state index contributed by atoms with van der Waals surface area (Å²) in [6.07, 6.45) is 3.39. The summed E-state index contributed by atoms with van der Waals surface area (Å²) in [6, 6.07) is 26.3. The van der Waals surface area contributed by atoms with E-state index in [9.17, 15) is 0 Å². The maximum absolute atomic E-state index is 2.36. The van der Waals surface area contributed by atoms with Gasteiger partial charge in [-0.05, 0) is 42.0 Å². The fourth-order valence-corrected chi connectivity index (χ4v) is 3.78. The molecule has 3 aromatic carbocycles. The van der Waals surface area contributed by atoms with Gasteiger partial charge >= 0.3 is 0 Å². The Balaban J connectivity index is 1.85. The highest BCUT2D eigenvalue weighted by Gasteiger charge is 2.37. The first-order valence-electron chi connectivity index (χ1n) is 7.77. The highest BCUT2D eigenvalue weighted by Crippen LogP contribution is 2.49. The molecule has 0 radical (unpaired) electrons. The van der Waals surface area contributed by atoms with Crippen molar-refractivity contribution in [3.05, 3.63) is 101 Å². The van der Waals surface area contributed by atoms with Crippen LogP contribution in [0.3, 0.4) is 0 Å². The van der Waals surface area contributed by atoms with Crippen LogP contribution in [-0.2, 0) is 6.42 Å². The van der Waals surface area contributed by atoms with Crippen LogP contribution >= 0.6 is 0 Å². The Morgan fingerprint density at radius 1 is 0.636 bits per heavy atom. The number of benzene rings is 3. The first-order valence-corrected chi connectivity index (χ1v) is 7.77. The SMILES string of the molecule is C1=C2c3ccccc3-c3ccccc3[C+]2Cc2ccccc21. The molecular weight excluding hydrogens is 264 g/mol. The molecule has 0 aliphatic heterocycles. The number of allylic oxidation sites excluding steroid dienone is 1. The highest BCUT2D eigenvalue weighted by molar-refractivity contribution is 6.03. The number of rotatable bonds is 0. The summed E-state index contributed by atoms with van der Waals surface area (Å²) >= 11 is 0. The van der Waals surface area contributed by atoms with Crippen LogP contribution in [0.4, 0.5) is 0 Å². The topological polar surface area (TPSA) is 0 Å². The molecule has 0 saturated carbocycles. The van der Waals surface area contributed by atoms with Crippen LogP contribution in [-0.4, -0.2) is 0 Å². The zero-order chi connectivity index (χ0) is 14.5. The minimum Gasteiger partial charge on any atom is -0.0619 e. The number of hydrogen-bond donors (Lipinski definition) is 0. The van der Waals surface area contributed by atoms with E-state index in [4.69, 9.17) is 0 Å². The average Bonchev–Trinajstić information content (AvgIpc) is 2.61. The van der Waals surface area contributed by atoms with E-state index in [0.717, 1.165) is 6.42 Å². The summed E-state index contributed by atoms with van der Waals surface area (Å²) in [5, 5.41) is 0. The quantitative estimate of drug-likeness (QED) is 0.484. The van der Waals surface area contributed by atoms with Crippen LogP contribution in [0.5, 0.6) is 0 Å². The largest absolute Gasteiger partial charge is 0.0853 e. The summed E-state index contributed by atoms with van der Waals surface area (Å²) in [7, 11) is 0. The second-order valence-corrected chi connectivity index (χ2v) is 6.00. The molecule has 102 valence electrons. The predicted octanol–water partition coefficient (Wildman–Crippen LogP) is 5.39. The zero-order valence-electron chi connectivity index (χ0n) is 12.2. The molecule has 0 amide bonds. The fraction of sp³-hybridized carbons (Fsp3) is 0.0455. The number of hydrogen-bond acceptors (Lipinski definition) is 0. The van der Waals surface area contributed by atoms with Gasteiger partial charge in [0, 0.05) is 30.0 Å². The molecule has 0 N–H and O–H groups in total. The van der Waals surface area contributed by atoms with Crippen molar-refractivity contribution in [2.75, 3.05) is 0 Å². The molecule has 2 aliphatic rings. The molecule has 0 fully saturated rings. The Kier molecular flexibility index (Phi) is 2.37.